The highest BCUT2D eigenvalue weighted by Crippen LogP contribution is 2.67. The quantitative estimate of drug-likeness (QED) is 0.129. The largest absolute Gasteiger partial charge is 0.457 e. The first-order valence-electron chi connectivity index (χ1n) is 24.5. The van der Waals surface area contributed by atoms with Crippen LogP contribution in [0.1, 0.15) is 11.5 Å². The second-order valence-corrected chi connectivity index (χ2v) is 22.3. The molecule has 3 fully saturated rings. The molecule has 12 atom stereocenters. The Balaban J connectivity index is 1.53. The number of furan rings is 1. The van der Waals surface area contributed by atoms with E-state index in [1.807, 2.05) is 0 Å². The molecule has 62 heavy (non-hydrogen) atoms. The summed E-state index contributed by atoms with van der Waals surface area (Å²) in [6.07, 6.45) is 0.574. The molecule has 286 valence electrons. The maximum Gasteiger partial charge on any atom is 0.143 e. The molecule has 1 aromatic heterocycles. The van der Waals surface area contributed by atoms with Gasteiger partial charge in [-0.25, -0.2) is 0 Å². The van der Waals surface area contributed by atoms with E-state index in [9.17, 15) is 0 Å². The second-order valence-electron chi connectivity index (χ2n) is 22.3. The zero-order valence-electron chi connectivity index (χ0n) is 42.7. The van der Waals surface area contributed by atoms with E-state index in [1.54, 1.807) is 5.56 Å². The first-order valence-corrected chi connectivity index (χ1v) is 24.5. The Hall–Kier alpha value is -2.19. The summed E-state index contributed by atoms with van der Waals surface area (Å²) < 4.78 is 14.6. The molecule has 0 spiro atoms. The third kappa shape index (κ3) is 5.64. The predicted molar refractivity (Wildman–Crippen MR) is 341 cm³/mol. The van der Waals surface area contributed by atoms with Crippen molar-refractivity contribution in [3.05, 3.63) is 5.56 Å². The van der Waals surface area contributed by atoms with E-state index < -0.39 is 0 Å². The Kier molecular flexibility index (Phi) is 11.0. The summed E-state index contributed by atoms with van der Waals surface area (Å²) in [7, 11) is 53.6. The van der Waals surface area contributed by atoms with Crippen LogP contribution in [-0.4, -0.2) is 185 Å². The topological polar surface area (TPSA) is 22.4 Å². The van der Waals surface area contributed by atoms with Gasteiger partial charge in [-0.3, -0.25) is 0 Å². The first-order chi connectivity index (χ1) is 29.0. The van der Waals surface area contributed by atoms with Crippen molar-refractivity contribution < 1.29 is 9.15 Å². The number of hydrogen-bond donors (Lipinski definition) is 0. The molecule has 12 unspecified atom stereocenters. The number of hydrogen-bond acceptors (Lipinski definition) is 2. The van der Waals surface area contributed by atoms with Crippen LogP contribution in [0.15, 0.2) is 4.42 Å². The SMILES string of the molecule is Bc1c(B)c(B)c2c(oc3c(B)c(B)c(-c4c5c(B)c(B)c(B)c(B)c5c(C5C(B)C(B)C(B)C6OC7C(B)C(B)C(B)C(B)C7C65)c5c(B)c(B)c(B)c(B)c45)c(B)c32)c1B. The van der Waals surface area contributed by atoms with Crippen LogP contribution >= 0.6 is 0 Å². The number of ether oxygens (including phenoxy) is 1. The van der Waals surface area contributed by atoms with Crippen LogP contribution < -0.4 is 81.9 Å². The molecule has 5 aromatic carbocycles. The van der Waals surface area contributed by atoms with Gasteiger partial charge in [-0.2, -0.15) is 0 Å². The van der Waals surface area contributed by atoms with Crippen LogP contribution in [0.2, 0.25) is 40.7 Å². The van der Waals surface area contributed by atoms with Crippen LogP contribution in [0.5, 0.6) is 0 Å². The van der Waals surface area contributed by atoms with Crippen molar-refractivity contribution in [1.82, 2.24) is 0 Å². The van der Waals surface area contributed by atoms with Crippen molar-refractivity contribution in [1.29, 1.82) is 0 Å². The maximum atomic E-state index is 7.60. The van der Waals surface area contributed by atoms with Crippen LogP contribution in [0, 0.1) is 11.8 Å². The van der Waals surface area contributed by atoms with E-state index in [-0.39, 0.29) is 6.10 Å². The summed E-state index contributed by atoms with van der Waals surface area (Å²) in [5, 5.41) is 8.62. The molecule has 24 heteroatoms. The highest BCUT2D eigenvalue weighted by molar-refractivity contribution is 6.73. The van der Waals surface area contributed by atoms with Crippen LogP contribution in [0.25, 0.3) is 54.6 Å². The highest BCUT2D eigenvalue weighted by atomic mass is 16.5. The Morgan fingerprint density at radius 1 is 0.274 bits per heavy atom. The van der Waals surface area contributed by atoms with Crippen molar-refractivity contribution in [2.45, 2.75) is 58.8 Å². The summed E-state index contributed by atoms with van der Waals surface area (Å²) in [5.74, 6) is 5.41. The van der Waals surface area contributed by atoms with Crippen LogP contribution in [0.3, 0.4) is 0 Å². The molecule has 2 nitrogen and oxygen atoms in total. The lowest BCUT2D eigenvalue weighted by Crippen LogP contribution is -2.51. The van der Waals surface area contributed by atoms with Gasteiger partial charge in [-0.1, -0.05) is 83.7 Å². The van der Waals surface area contributed by atoms with E-state index in [2.05, 4.69) is 173 Å². The number of fused-ring (bicyclic) bond motifs is 8. The van der Waals surface area contributed by atoms with Crippen molar-refractivity contribution in [3.8, 4) is 11.1 Å². The molecule has 0 bridgehead atoms. The molecule has 1 aliphatic heterocycles. The lowest BCUT2D eigenvalue weighted by atomic mass is 9.37. The molecular formula is C38H56B22O2. The Labute approximate surface area is 392 Å². The van der Waals surface area contributed by atoms with E-state index in [1.165, 1.54) is 125 Å². The minimum atomic E-state index is 0.261. The summed E-state index contributed by atoms with van der Waals surface area (Å²) in [6.45, 7) is 0. The zero-order valence-corrected chi connectivity index (χ0v) is 42.7. The fraction of sp³-hybridized carbons (Fsp3) is 0.316. The zero-order chi connectivity index (χ0) is 45.4. The minimum absolute atomic E-state index is 0.261. The number of benzene rings is 5. The average Bonchev–Trinajstić information content (AvgIpc) is 3.85. The lowest BCUT2D eigenvalue weighted by molar-refractivity contribution is 0.00591. The molecule has 3 aliphatic rings. The lowest BCUT2D eigenvalue weighted by Gasteiger charge is -2.52. The van der Waals surface area contributed by atoms with Gasteiger partial charge in [0.15, 0.2) is 0 Å². The third-order valence-electron chi connectivity index (χ3n) is 20.6. The maximum absolute atomic E-state index is 7.60. The molecular weight excluding hydrogens is 726 g/mol. The fourth-order valence-corrected chi connectivity index (χ4v) is 14.9. The Morgan fingerprint density at radius 2 is 0.629 bits per heavy atom. The molecule has 2 saturated carbocycles. The fourth-order valence-electron chi connectivity index (χ4n) is 14.9. The molecule has 2 aliphatic carbocycles. The van der Waals surface area contributed by atoms with Crippen molar-refractivity contribution in [2.75, 3.05) is 0 Å². The average molecular weight is 783 g/mol. The van der Waals surface area contributed by atoms with E-state index >= 15 is 0 Å². The van der Waals surface area contributed by atoms with Gasteiger partial charge in [0.2, 0.25) is 0 Å². The smallest absolute Gasteiger partial charge is 0.143 e. The molecule has 6 aromatic rings. The second kappa shape index (κ2) is 15.2. The van der Waals surface area contributed by atoms with Gasteiger partial charge < -0.3 is 9.15 Å². The molecule has 2 heterocycles. The molecule has 0 radical (unpaired) electrons. The molecule has 9 rings (SSSR count). The summed E-state index contributed by atoms with van der Waals surface area (Å²) in [5.41, 5.74) is 27.4. The Bertz CT molecular complexity index is 2910. The van der Waals surface area contributed by atoms with Gasteiger partial charge in [0, 0.05) is 10.8 Å². The van der Waals surface area contributed by atoms with Crippen LogP contribution in [0.4, 0.5) is 0 Å². The van der Waals surface area contributed by atoms with E-state index in [0.29, 0.717) is 64.6 Å². The summed E-state index contributed by atoms with van der Waals surface area (Å²) in [4.78, 5) is 0. The number of rotatable bonds is 2. The van der Waals surface area contributed by atoms with Gasteiger partial charge in [-0.15, -0.1) is 27.3 Å². The summed E-state index contributed by atoms with van der Waals surface area (Å²) in [6, 6.07) is 0. The van der Waals surface area contributed by atoms with Crippen molar-refractivity contribution in [2.24, 2.45) is 11.8 Å². The van der Waals surface area contributed by atoms with Gasteiger partial charge in [0.1, 0.15) is 184 Å². The standard InChI is InChI=1S/C38H56B22O2/c39-13-9(19(45)31(57)37-11(13)12-21(47)27(53)30(56)34(60)38(12)62-37)2-5-3(14(40)22(48)24(50)16(5)42)1(4-6(2)17(43)25(51)23(49)15(4)41)7-8-10-20(46)26(52)29(55)33(59)36(10)61-35(8)32(58)28(54)18(7)44/h7-8,10,18,20,26,28-29,32-33,35-36H,39-60H2. The predicted octanol–water partition coefficient (Wildman–Crippen LogP) is -22.5. The molecule has 1 saturated heterocycles. The van der Waals surface area contributed by atoms with Gasteiger partial charge in [0.25, 0.3) is 0 Å². The van der Waals surface area contributed by atoms with Gasteiger partial charge >= 0.3 is 0 Å². The minimum Gasteiger partial charge on any atom is -0.457 e. The normalized spacial score (nSPS) is 29.7. The monoisotopic (exact) mass is 787 g/mol. The van der Waals surface area contributed by atoms with E-state index in [4.69, 9.17) is 9.15 Å². The van der Waals surface area contributed by atoms with Gasteiger partial charge in [0.05, 0.1) is 12.2 Å². The third-order valence-corrected chi connectivity index (χ3v) is 20.6. The Morgan fingerprint density at radius 3 is 1.11 bits per heavy atom. The molecule has 0 N–H and O–H groups in total. The van der Waals surface area contributed by atoms with Crippen molar-refractivity contribution in [3.63, 3.8) is 0 Å². The first kappa shape index (κ1) is 45.0. The molecule has 0 amide bonds. The van der Waals surface area contributed by atoms with Crippen molar-refractivity contribution >= 4 is 298 Å². The van der Waals surface area contributed by atoms with Gasteiger partial charge in [-0.05, 0) is 67.6 Å². The van der Waals surface area contributed by atoms with Crippen LogP contribution in [-0.2, 0) is 4.74 Å². The summed E-state index contributed by atoms with van der Waals surface area (Å²) >= 11 is 0. The van der Waals surface area contributed by atoms with E-state index in [0.717, 1.165) is 11.2 Å². The highest BCUT2D eigenvalue weighted by Gasteiger charge is 2.61.